The first-order valence-corrected chi connectivity index (χ1v) is 8.70. The van der Waals surface area contributed by atoms with E-state index in [2.05, 4.69) is 0 Å². The van der Waals surface area contributed by atoms with Gasteiger partial charge in [-0.25, -0.2) is 0 Å². The van der Waals surface area contributed by atoms with Crippen molar-refractivity contribution in [1.29, 1.82) is 0 Å². The van der Waals surface area contributed by atoms with Gasteiger partial charge in [0.15, 0.2) is 11.5 Å². The van der Waals surface area contributed by atoms with Gasteiger partial charge in [0.05, 0.1) is 19.8 Å². The molecule has 2 amide bonds. The van der Waals surface area contributed by atoms with E-state index in [-0.39, 0.29) is 24.2 Å². The zero-order chi connectivity index (χ0) is 19.4. The normalized spacial score (nSPS) is 13.5. The number of carbonyl (C=O) groups is 2. The van der Waals surface area contributed by atoms with E-state index in [1.54, 1.807) is 59.4 Å². The third kappa shape index (κ3) is 4.31. The lowest BCUT2D eigenvalue weighted by Crippen LogP contribution is -2.50. The van der Waals surface area contributed by atoms with Gasteiger partial charge < -0.3 is 25.0 Å². The second-order valence-electron chi connectivity index (χ2n) is 6.24. The molecule has 0 aromatic heterocycles. The van der Waals surface area contributed by atoms with Crippen molar-refractivity contribution in [2.24, 2.45) is 0 Å². The van der Waals surface area contributed by atoms with Crippen molar-refractivity contribution in [2.45, 2.75) is 0 Å². The largest absolute Gasteiger partial charge is 0.493 e. The Labute approximate surface area is 170 Å². The summed E-state index contributed by atoms with van der Waals surface area (Å²) in [6.45, 7) is 1.86. The molecule has 1 aliphatic rings. The predicted molar refractivity (Wildman–Crippen MR) is 109 cm³/mol. The van der Waals surface area contributed by atoms with E-state index < -0.39 is 0 Å². The van der Waals surface area contributed by atoms with Crippen molar-refractivity contribution in [2.75, 3.05) is 46.1 Å². The Balaban J connectivity index is 0.00000280. The van der Waals surface area contributed by atoms with Crippen LogP contribution in [0.25, 0.3) is 0 Å². The Morgan fingerprint density at radius 2 is 1.43 bits per heavy atom. The van der Waals surface area contributed by atoms with Crippen LogP contribution in [0.5, 0.6) is 11.5 Å². The Kier molecular flexibility index (Phi) is 7.12. The lowest BCUT2D eigenvalue weighted by atomic mass is 10.1. The van der Waals surface area contributed by atoms with Gasteiger partial charge in [-0.1, -0.05) is 12.1 Å². The molecule has 0 aliphatic carbocycles. The molecule has 1 fully saturated rings. The Bertz CT molecular complexity index is 851. The van der Waals surface area contributed by atoms with Crippen molar-refractivity contribution < 1.29 is 19.1 Å². The highest BCUT2D eigenvalue weighted by atomic mass is 35.5. The van der Waals surface area contributed by atoms with Crippen molar-refractivity contribution in [3.63, 3.8) is 0 Å². The Hall–Kier alpha value is -2.93. The van der Waals surface area contributed by atoms with Crippen LogP contribution < -0.4 is 15.2 Å². The minimum atomic E-state index is -0.105. The fourth-order valence-corrected chi connectivity index (χ4v) is 3.13. The van der Waals surface area contributed by atoms with Crippen molar-refractivity contribution in [3.05, 3.63) is 53.6 Å². The number of para-hydroxylation sites is 1. The Morgan fingerprint density at radius 1 is 0.857 bits per heavy atom. The van der Waals surface area contributed by atoms with E-state index in [1.807, 2.05) is 0 Å². The summed E-state index contributed by atoms with van der Waals surface area (Å²) in [7, 11) is 3.08. The summed E-state index contributed by atoms with van der Waals surface area (Å²) in [5.41, 5.74) is 7.39. The Morgan fingerprint density at radius 3 is 2.00 bits per heavy atom. The number of amides is 2. The van der Waals surface area contributed by atoms with Gasteiger partial charge in [0.2, 0.25) is 0 Å². The van der Waals surface area contributed by atoms with E-state index in [4.69, 9.17) is 15.2 Å². The van der Waals surface area contributed by atoms with Crippen molar-refractivity contribution in [3.8, 4) is 11.5 Å². The highest BCUT2D eigenvalue weighted by molar-refractivity contribution is 5.99. The molecule has 2 aromatic rings. The van der Waals surface area contributed by atoms with Crippen LogP contribution in [0, 0.1) is 0 Å². The molecule has 1 aliphatic heterocycles. The maximum absolute atomic E-state index is 12.8. The summed E-state index contributed by atoms with van der Waals surface area (Å²) in [4.78, 5) is 28.9. The second-order valence-corrected chi connectivity index (χ2v) is 6.24. The first-order chi connectivity index (χ1) is 13.0. The topological polar surface area (TPSA) is 85.1 Å². The van der Waals surface area contributed by atoms with Crippen molar-refractivity contribution in [1.82, 2.24) is 9.80 Å². The van der Waals surface area contributed by atoms with Gasteiger partial charge in [-0.3, -0.25) is 9.59 Å². The molecule has 1 saturated heterocycles. The number of halogens is 1. The van der Waals surface area contributed by atoms with E-state index in [9.17, 15) is 9.59 Å². The molecule has 0 atom stereocenters. The van der Waals surface area contributed by atoms with Gasteiger partial charge in [0.1, 0.15) is 0 Å². The molecule has 1 heterocycles. The molecule has 28 heavy (non-hydrogen) atoms. The first kappa shape index (κ1) is 21.4. The minimum Gasteiger partial charge on any atom is -0.493 e. The number of ether oxygens (including phenoxy) is 2. The SMILES string of the molecule is COc1ccc(C(=O)N2CCN(C(=O)c3ccccc3N)CC2)cc1OC.Cl. The number of hydrogen-bond donors (Lipinski definition) is 1. The van der Waals surface area contributed by atoms with Crippen LogP contribution in [0.1, 0.15) is 20.7 Å². The molecular formula is C20H24ClN3O4. The maximum atomic E-state index is 12.8. The summed E-state index contributed by atoms with van der Waals surface area (Å²) < 4.78 is 10.5. The van der Waals surface area contributed by atoms with Crippen LogP contribution in [-0.2, 0) is 0 Å². The fraction of sp³-hybridized carbons (Fsp3) is 0.300. The number of nitrogen functional groups attached to an aromatic ring is 1. The molecule has 0 radical (unpaired) electrons. The minimum absolute atomic E-state index is 0. The number of nitrogens with two attached hydrogens (primary N) is 1. The zero-order valence-corrected chi connectivity index (χ0v) is 16.7. The van der Waals surface area contributed by atoms with Crippen LogP contribution in [-0.4, -0.2) is 62.0 Å². The van der Waals surface area contributed by atoms with Crippen molar-refractivity contribution >= 4 is 29.9 Å². The van der Waals surface area contributed by atoms with Gasteiger partial charge in [0, 0.05) is 37.4 Å². The molecule has 7 nitrogen and oxygen atoms in total. The number of rotatable bonds is 4. The number of methoxy groups -OCH3 is 2. The highest BCUT2D eigenvalue weighted by Gasteiger charge is 2.26. The average Bonchev–Trinajstić information content (AvgIpc) is 2.72. The smallest absolute Gasteiger partial charge is 0.256 e. The van der Waals surface area contributed by atoms with E-state index in [0.29, 0.717) is 54.5 Å². The van der Waals surface area contributed by atoms with Crippen LogP contribution in [0.4, 0.5) is 5.69 Å². The van der Waals surface area contributed by atoms with Crippen LogP contribution in [0.3, 0.4) is 0 Å². The predicted octanol–water partition coefficient (Wildman–Crippen LogP) is 2.31. The molecule has 150 valence electrons. The summed E-state index contributed by atoms with van der Waals surface area (Å²) in [6.07, 6.45) is 0. The highest BCUT2D eigenvalue weighted by Crippen LogP contribution is 2.28. The summed E-state index contributed by atoms with van der Waals surface area (Å²) in [5.74, 6) is 0.884. The summed E-state index contributed by atoms with van der Waals surface area (Å²) >= 11 is 0. The zero-order valence-electron chi connectivity index (χ0n) is 15.9. The average molecular weight is 406 g/mol. The number of nitrogens with zero attached hydrogens (tertiary/aromatic N) is 2. The quantitative estimate of drug-likeness (QED) is 0.789. The number of piperazine rings is 1. The fourth-order valence-electron chi connectivity index (χ4n) is 3.13. The monoisotopic (exact) mass is 405 g/mol. The molecule has 8 heteroatoms. The van der Waals surface area contributed by atoms with E-state index >= 15 is 0 Å². The van der Waals surface area contributed by atoms with Gasteiger partial charge >= 0.3 is 0 Å². The van der Waals surface area contributed by atoms with E-state index in [1.165, 1.54) is 7.11 Å². The second kappa shape index (κ2) is 9.32. The molecule has 2 N–H and O–H groups in total. The number of benzene rings is 2. The number of anilines is 1. The summed E-state index contributed by atoms with van der Waals surface area (Å²) in [6, 6.07) is 12.1. The molecule has 0 spiro atoms. The standard InChI is InChI=1S/C20H23N3O4.ClH/c1-26-17-8-7-14(13-18(17)27-2)19(24)22-9-11-23(12-10-22)20(25)15-5-3-4-6-16(15)21;/h3-8,13H,9-12,21H2,1-2H3;1H. The summed E-state index contributed by atoms with van der Waals surface area (Å²) in [5, 5.41) is 0. The number of carbonyl (C=O) groups excluding carboxylic acids is 2. The number of hydrogen-bond acceptors (Lipinski definition) is 5. The third-order valence-electron chi connectivity index (χ3n) is 4.68. The first-order valence-electron chi connectivity index (χ1n) is 8.70. The van der Waals surface area contributed by atoms with Gasteiger partial charge in [-0.2, -0.15) is 0 Å². The van der Waals surface area contributed by atoms with Crippen LogP contribution in [0.2, 0.25) is 0 Å². The maximum Gasteiger partial charge on any atom is 0.256 e. The molecule has 0 bridgehead atoms. The lowest BCUT2D eigenvalue weighted by molar-refractivity contribution is 0.0536. The van der Waals surface area contributed by atoms with Gasteiger partial charge in [-0.15, -0.1) is 12.4 Å². The molecule has 0 unspecified atom stereocenters. The van der Waals surface area contributed by atoms with Crippen LogP contribution in [0.15, 0.2) is 42.5 Å². The van der Waals surface area contributed by atoms with Gasteiger partial charge in [0.25, 0.3) is 11.8 Å². The van der Waals surface area contributed by atoms with E-state index in [0.717, 1.165) is 0 Å². The molecule has 2 aromatic carbocycles. The third-order valence-corrected chi connectivity index (χ3v) is 4.68. The molecule has 0 saturated carbocycles. The molecule has 3 rings (SSSR count). The van der Waals surface area contributed by atoms with Crippen LogP contribution >= 0.6 is 12.4 Å². The lowest BCUT2D eigenvalue weighted by Gasteiger charge is -2.35. The van der Waals surface area contributed by atoms with Gasteiger partial charge in [-0.05, 0) is 30.3 Å². The molecular weight excluding hydrogens is 382 g/mol.